The summed E-state index contributed by atoms with van der Waals surface area (Å²) in [5, 5.41) is 3.02. The lowest BCUT2D eigenvalue weighted by molar-refractivity contribution is -0.119. The lowest BCUT2D eigenvalue weighted by Crippen LogP contribution is -2.25. The molecule has 1 aliphatic rings. The van der Waals surface area contributed by atoms with Crippen LogP contribution in [0.2, 0.25) is 0 Å². The zero-order chi connectivity index (χ0) is 11.8. The molecular formula is C15H13NO. The fraction of sp³-hybridized carbons (Fsp3) is 0.133. The maximum absolute atomic E-state index is 11.3. The van der Waals surface area contributed by atoms with Crippen molar-refractivity contribution >= 4 is 5.91 Å². The lowest BCUT2D eigenvalue weighted by atomic mass is 10.1. The number of benzene rings is 2. The van der Waals surface area contributed by atoms with Crippen LogP contribution in [0.25, 0.3) is 11.1 Å². The standard InChI is InChI=1S/C15H13NO/c1-10(17)16-15-13-8-4-2-6-11(13)12-7-3-5-9-14(12)15/h2-9,15H,1H3,(H,16,17). The highest BCUT2D eigenvalue weighted by Gasteiger charge is 2.28. The summed E-state index contributed by atoms with van der Waals surface area (Å²) in [5.74, 6) is 0.00139. The van der Waals surface area contributed by atoms with Gasteiger partial charge in [0.15, 0.2) is 0 Å². The van der Waals surface area contributed by atoms with E-state index in [-0.39, 0.29) is 11.9 Å². The molecule has 0 aliphatic heterocycles. The molecule has 2 nitrogen and oxygen atoms in total. The molecule has 1 aliphatic carbocycles. The van der Waals surface area contributed by atoms with Gasteiger partial charge in [-0.05, 0) is 22.3 Å². The number of carbonyl (C=O) groups is 1. The summed E-state index contributed by atoms with van der Waals surface area (Å²) in [4.78, 5) is 11.3. The first kappa shape index (κ1) is 10.1. The molecule has 3 rings (SSSR count). The minimum Gasteiger partial charge on any atom is -0.345 e. The summed E-state index contributed by atoms with van der Waals surface area (Å²) in [7, 11) is 0. The first-order valence-corrected chi connectivity index (χ1v) is 5.72. The van der Waals surface area contributed by atoms with Gasteiger partial charge < -0.3 is 5.32 Å². The van der Waals surface area contributed by atoms with E-state index < -0.39 is 0 Å². The summed E-state index contributed by atoms with van der Waals surface area (Å²) >= 11 is 0. The molecule has 2 heteroatoms. The lowest BCUT2D eigenvalue weighted by Gasteiger charge is -2.14. The van der Waals surface area contributed by atoms with Gasteiger partial charge in [0.05, 0.1) is 6.04 Å². The molecule has 17 heavy (non-hydrogen) atoms. The maximum atomic E-state index is 11.3. The van der Waals surface area contributed by atoms with Crippen molar-refractivity contribution in [3.8, 4) is 11.1 Å². The smallest absolute Gasteiger partial charge is 0.217 e. The number of nitrogens with one attached hydrogen (secondary N) is 1. The van der Waals surface area contributed by atoms with Gasteiger partial charge >= 0.3 is 0 Å². The first-order chi connectivity index (χ1) is 8.27. The van der Waals surface area contributed by atoms with Crippen LogP contribution < -0.4 is 5.32 Å². The number of fused-ring (bicyclic) bond motifs is 3. The summed E-state index contributed by atoms with van der Waals surface area (Å²) in [5.41, 5.74) is 4.82. The monoisotopic (exact) mass is 223 g/mol. The van der Waals surface area contributed by atoms with Gasteiger partial charge in [0.1, 0.15) is 0 Å². The average Bonchev–Trinajstić information content (AvgIpc) is 2.65. The van der Waals surface area contributed by atoms with Crippen molar-refractivity contribution in [1.29, 1.82) is 0 Å². The molecule has 1 N–H and O–H groups in total. The Morgan fingerprint density at radius 1 is 0.941 bits per heavy atom. The van der Waals surface area contributed by atoms with Gasteiger partial charge in [0.2, 0.25) is 5.91 Å². The highest BCUT2D eigenvalue weighted by atomic mass is 16.1. The Balaban J connectivity index is 2.20. The largest absolute Gasteiger partial charge is 0.345 e. The molecule has 84 valence electrons. The van der Waals surface area contributed by atoms with Crippen molar-refractivity contribution in [3.63, 3.8) is 0 Å². The first-order valence-electron chi connectivity index (χ1n) is 5.72. The molecule has 0 radical (unpaired) electrons. The van der Waals surface area contributed by atoms with Gasteiger partial charge in [-0.25, -0.2) is 0 Å². The summed E-state index contributed by atoms with van der Waals surface area (Å²) in [6, 6.07) is 16.5. The van der Waals surface area contributed by atoms with Gasteiger partial charge in [-0.2, -0.15) is 0 Å². The van der Waals surface area contributed by atoms with E-state index in [0.717, 1.165) is 0 Å². The normalized spacial score (nSPS) is 13.0. The molecule has 0 heterocycles. The van der Waals surface area contributed by atoms with Crippen molar-refractivity contribution in [2.75, 3.05) is 0 Å². The van der Waals surface area contributed by atoms with Crippen molar-refractivity contribution in [3.05, 3.63) is 59.7 Å². The molecule has 2 aromatic rings. The van der Waals surface area contributed by atoms with Crippen LogP contribution in [0.5, 0.6) is 0 Å². The van der Waals surface area contributed by atoms with Gasteiger partial charge in [0.25, 0.3) is 0 Å². The number of hydrogen-bond acceptors (Lipinski definition) is 1. The zero-order valence-electron chi connectivity index (χ0n) is 9.60. The molecule has 0 fully saturated rings. The topological polar surface area (TPSA) is 29.1 Å². The second-order valence-corrected chi connectivity index (χ2v) is 4.31. The molecular weight excluding hydrogens is 210 g/mol. The van der Waals surface area contributed by atoms with E-state index in [0.29, 0.717) is 0 Å². The van der Waals surface area contributed by atoms with E-state index in [1.807, 2.05) is 24.3 Å². The predicted octanol–water partition coefficient (Wildman–Crippen LogP) is 2.89. The Morgan fingerprint density at radius 2 is 1.41 bits per heavy atom. The second-order valence-electron chi connectivity index (χ2n) is 4.31. The summed E-state index contributed by atoms with van der Waals surface area (Å²) in [6.45, 7) is 1.56. The van der Waals surface area contributed by atoms with E-state index in [1.165, 1.54) is 22.3 Å². The Labute approximate surface area is 100 Å². The fourth-order valence-electron chi connectivity index (χ4n) is 2.51. The third-order valence-corrected chi connectivity index (χ3v) is 3.18. The number of hydrogen-bond donors (Lipinski definition) is 1. The zero-order valence-corrected chi connectivity index (χ0v) is 9.60. The molecule has 0 bridgehead atoms. The molecule has 0 atom stereocenters. The van der Waals surface area contributed by atoms with Gasteiger partial charge in [0, 0.05) is 6.92 Å². The highest BCUT2D eigenvalue weighted by Crippen LogP contribution is 2.42. The SMILES string of the molecule is CC(=O)NC1c2ccccc2-c2ccccc21. The van der Waals surface area contributed by atoms with Crippen molar-refractivity contribution < 1.29 is 4.79 Å². The van der Waals surface area contributed by atoms with E-state index in [4.69, 9.17) is 0 Å². The van der Waals surface area contributed by atoms with Crippen LogP contribution in [0, 0.1) is 0 Å². The van der Waals surface area contributed by atoms with E-state index in [9.17, 15) is 4.79 Å². The van der Waals surface area contributed by atoms with Crippen molar-refractivity contribution in [1.82, 2.24) is 5.32 Å². The molecule has 1 amide bonds. The Hall–Kier alpha value is -2.09. The van der Waals surface area contributed by atoms with Crippen LogP contribution in [0.15, 0.2) is 48.5 Å². The van der Waals surface area contributed by atoms with Crippen LogP contribution in [-0.2, 0) is 4.79 Å². The van der Waals surface area contributed by atoms with Gasteiger partial charge in [-0.3, -0.25) is 4.79 Å². The third kappa shape index (κ3) is 1.53. The minimum atomic E-state index is -0.0000926. The van der Waals surface area contributed by atoms with Crippen molar-refractivity contribution in [2.45, 2.75) is 13.0 Å². The summed E-state index contributed by atoms with van der Waals surface area (Å²) < 4.78 is 0. The molecule has 0 spiro atoms. The Bertz CT molecular complexity index is 543. The quantitative estimate of drug-likeness (QED) is 0.791. The molecule has 0 aromatic heterocycles. The summed E-state index contributed by atoms with van der Waals surface area (Å²) in [6.07, 6.45) is 0. The maximum Gasteiger partial charge on any atom is 0.217 e. The highest BCUT2D eigenvalue weighted by molar-refractivity contribution is 5.82. The Kier molecular flexibility index (Phi) is 2.22. The van der Waals surface area contributed by atoms with Crippen LogP contribution in [0.3, 0.4) is 0 Å². The van der Waals surface area contributed by atoms with Crippen LogP contribution in [-0.4, -0.2) is 5.91 Å². The Morgan fingerprint density at radius 3 is 1.88 bits per heavy atom. The third-order valence-electron chi connectivity index (χ3n) is 3.18. The second kappa shape index (κ2) is 3.74. The number of rotatable bonds is 1. The van der Waals surface area contributed by atoms with Crippen molar-refractivity contribution in [2.24, 2.45) is 0 Å². The van der Waals surface area contributed by atoms with Gasteiger partial charge in [-0.1, -0.05) is 48.5 Å². The van der Waals surface area contributed by atoms with E-state index in [1.54, 1.807) is 6.92 Å². The minimum absolute atomic E-state index is 0.0000926. The van der Waals surface area contributed by atoms with Crippen LogP contribution in [0.4, 0.5) is 0 Å². The van der Waals surface area contributed by atoms with E-state index >= 15 is 0 Å². The van der Waals surface area contributed by atoms with E-state index in [2.05, 4.69) is 29.6 Å². The average molecular weight is 223 g/mol. The molecule has 0 saturated heterocycles. The molecule has 2 aromatic carbocycles. The van der Waals surface area contributed by atoms with Gasteiger partial charge in [-0.15, -0.1) is 0 Å². The molecule has 0 saturated carbocycles. The fourth-order valence-corrected chi connectivity index (χ4v) is 2.51. The van der Waals surface area contributed by atoms with Crippen LogP contribution >= 0.6 is 0 Å². The number of amides is 1. The van der Waals surface area contributed by atoms with Crippen LogP contribution in [0.1, 0.15) is 24.1 Å². The predicted molar refractivity (Wildman–Crippen MR) is 67.5 cm³/mol. The number of carbonyl (C=O) groups excluding carboxylic acids is 1. The molecule has 0 unspecified atom stereocenters.